The van der Waals surface area contributed by atoms with Crippen molar-refractivity contribution in [3.05, 3.63) is 34.4 Å². The lowest BCUT2D eigenvalue weighted by molar-refractivity contribution is 0.0738. The fourth-order valence-corrected chi connectivity index (χ4v) is 5.48. The molecule has 1 saturated carbocycles. The molecular weight excluding hydrogens is 418 g/mol. The number of hydrogen-bond acceptors (Lipinski definition) is 5. The van der Waals surface area contributed by atoms with E-state index in [1.807, 2.05) is 6.92 Å². The Morgan fingerprint density at radius 2 is 2.10 bits per heavy atom. The normalized spacial score (nSPS) is 19.6. The smallest absolute Gasteiger partial charge is 0.338 e. The van der Waals surface area contributed by atoms with E-state index in [4.69, 9.17) is 10.1 Å². The minimum Gasteiger partial charge on any atom is -0.338 e. The molecule has 0 bridgehead atoms. The first-order chi connectivity index (χ1) is 14.8. The molecule has 2 aliphatic carbocycles. The zero-order chi connectivity index (χ0) is 21.9. The zero-order valence-electron chi connectivity index (χ0n) is 17.6. The lowest BCUT2D eigenvalue weighted by Crippen LogP contribution is -2.38. The van der Waals surface area contributed by atoms with Gasteiger partial charge < -0.3 is 10.2 Å². The van der Waals surface area contributed by atoms with Gasteiger partial charge in [0.25, 0.3) is 5.91 Å². The molecule has 1 unspecified atom stereocenters. The molecule has 1 fully saturated rings. The maximum atomic E-state index is 13.2. The number of fused-ring (bicyclic) bond motifs is 2. The lowest BCUT2D eigenvalue weighted by atomic mass is 10.0. The molecule has 3 aliphatic rings. The summed E-state index contributed by atoms with van der Waals surface area (Å²) in [7, 11) is -2.01. The van der Waals surface area contributed by atoms with E-state index in [0.29, 0.717) is 24.7 Å². The SMILES string of the molecule is Cc1c(C2CC2)nc2c(c1NC(=O)N=S(N)(=O)c1cnn3c1C(=O)N(C)CC3)CCC2. The van der Waals surface area contributed by atoms with Crippen LogP contribution in [0.4, 0.5) is 10.5 Å². The number of nitrogens with one attached hydrogen (secondary N) is 1. The van der Waals surface area contributed by atoms with Crippen molar-refractivity contribution in [2.75, 3.05) is 18.9 Å². The Hall–Kier alpha value is -2.79. The van der Waals surface area contributed by atoms with Crippen molar-refractivity contribution in [1.82, 2.24) is 19.7 Å². The van der Waals surface area contributed by atoms with E-state index in [1.165, 1.54) is 15.8 Å². The van der Waals surface area contributed by atoms with Crippen LogP contribution in [0.15, 0.2) is 15.5 Å². The van der Waals surface area contributed by atoms with Crippen molar-refractivity contribution in [3.8, 4) is 0 Å². The molecule has 3 heterocycles. The highest BCUT2D eigenvalue weighted by Crippen LogP contribution is 2.44. The van der Waals surface area contributed by atoms with Crippen molar-refractivity contribution in [2.45, 2.75) is 56.4 Å². The Kier molecular flexibility index (Phi) is 4.63. The molecule has 2 aromatic rings. The van der Waals surface area contributed by atoms with Crippen LogP contribution in [-0.4, -0.2) is 49.4 Å². The molecule has 0 radical (unpaired) electrons. The van der Waals surface area contributed by atoms with Crippen molar-refractivity contribution in [3.63, 3.8) is 0 Å². The number of carbonyl (C=O) groups excluding carboxylic acids is 2. The quantitative estimate of drug-likeness (QED) is 0.747. The predicted octanol–water partition coefficient (Wildman–Crippen LogP) is 1.97. The summed E-state index contributed by atoms with van der Waals surface area (Å²) in [6, 6.07) is -0.797. The summed E-state index contributed by atoms with van der Waals surface area (Å²) < 4.78 is 18.4. The molecule has 164 valence electrons. The molecule has 11 heteroatoms. The van der Waals surface area contributed by atoms with Gasteiger partial charge in [0.2, 0.25) is 0 Å². The van der Waals surface area contributed by atoms with Gasteiger partial charge in [0.15, 0.2) is 0 Å². The maximum Gasteiger partial charge on any atom is 0.354 e. The van der Waals surface area contributed by atoms with Gasteiger partial charge in [-0.25, -0.2) is 14.1 Å². The largest absolute Gasteiger partial charge is 0.354 e. The Bertz CT molecular complexity index is 1240. The van der Waals surface area contributed by atoms with Gasteiger partial charge in [-0.15, -0.1) is 4.36 Å². The average Bonchev–Trinajstić information content (AvgIpc) is 3.27. The fraction of sp³-hybridized carbons (Fsp3) is 0.500. The minimum absolute atomic E-state index is 0.0189. The Labute approximate surface area is 180 Å². The third kappa shape index (κ3) is 3.41. The first kappa shape index (κ1) is 20.1. The molecule has 1 aliphatic heterocycles. The highest BCUT2D eigenvalue weighted by molar-refractivity contribution is 7.91. The maximum absolute atomic E-state index is 13.2. The molecule has 1 atom stereocenters. The van der Waals surface area contributed by atoms with Crippen LogP contribution in [0.25, 0.3) is 0 Å². The number of pyridine rings is 1. The average molecular weight is 444 g/mol. The van der Waals surface area contributed by atoms with Crippen LogP contribution in [0.3, 0.4) is 0 Å². The fourth-order valence-electron chi connectivity index (χ4n) is 4.42. The number of anilines is 1. The van der Waals surface area contributed by atoms with E-state index in [-0.39, 0.29) is 16.5 Å². The van der Waals surface area contributed by atoms with Crippen molar-refractivity contribution in [2.24, 2.45) is 9.50 Å². The standard InChI is InChI=1S/C20H25N7O3S/c1-11-16(12-6-7-12)23-14-5-3-4-13(14)17(11)24-20(29)25-31(21,30)15-10-22-27-9-8-26(2)19(28)18(15)27/h10,12H,3-9H2,1-2H3,(H3,21,23,24,25,29,30). The molecule has 10 nitrogen and oxygen atoms in total. The monoisotopic (exact) mass is 443 g/mol. The third-order valence-corrected chi connectivity index (χ3v) is 7.60. The molecule has 2 aromatic heterocycles. The molecule has 0 spiro atoms. The van der Waals surface area contributed by atoms with Crippen LogP contribution in [0.5, 0.6) is 0 Å². The second-order valence-corrected chi connectivity index (χ2v) is 10.2. The van der Waals surface area contributed by atoms with Crippen molar-refractivity contribution < 1.29 is 13.8 Å². The van der Waals surface area contributed by atoms with E-state index in [0.717, 1.165) is 54.6 Å². The van der Waals surface area contributed by atoms with Gasteiger partial charge in [0.1, 0.15) is 20.5 Å². The van der Waals surface area contributed by atoms with E-state index < -0.39 is 15.9 Å². The van der Waals surface area contributed by atoms with Crippen LogP contribution >= 0.6 is 0 Å². The van der Waals surface area contributed by atoms with E-state index >= 15 is 0 Å². The number of aromatic nitrogens is 3. The first-order valence-corrected chi connectivity index (χ1v) is 12.0. The van der Waals surface area contributed by atoms with E-state index in [2.05, 4.69) is 14.8 Å². The summed E-state index contributed by atoms with van der Waals surface area (Å²) in [5.41, 5.74) is 4.85. The number of nitrogens with zero attached hydrogens (tertiary/aromatic N) is 5. The van der Waals surface area contributed by atoms with Crippen LogP contribution in [0.2, 0.25) is 0 Å². The summed E-state index contributed by atoms with van der Waals surface area (Å²) in [5.74, 6) is 0.101. The predicted molar refractivity (Wildman–Crippen MR) is 114 cm³/mol. The van der Waals surface area contributed by atoms with Gasteiger partial charge in [-0.05, 0) is 50.2 Å². The molecule has 0 saturated heterocycles. The summed E-state index contributed by atoms with van der Waals surface area (Å²) in [5, 5.41) is 12.9. The zero-order valence-corrected chi connectivity index (χ0v) is 18.4. The van der Waals surface area contributed by atoms with Gasteiger partial charge >= 0.3 is 6.03 Å². The lowest BCUT2D eigenvalue weighted by Gasteiger charge is -2.24. The number of carbonyl (C=O) groups is 2. The van der Waals surface area contributed by atoms with Gasteiger partial charge in [-0.2, -0.15) is 5.10 Å². The summed E-state index contributed by atoms with van der Waals surface area (Å²) in [6.45, 7) is 2.91. The number of urea groups is 1. The van der Waals surface area contributed by atoms with E-state index in [1.54, 1.807) is 7.05 Å². The van der Waals surface area contributed by atoms with Gasteiger partial charge in [0.05, 0.1) is 18.4 Å². The summed E-state index contributed by atoms with van der Waals surface area (Å²) >= 11 is 0. The van der Waals surface area contributed by atoms with Crippen molar-refractivity contribution in [1.29, 1.82) is 0 Å². The summed E-state index contributed by atoms with van der Waals surface area (Å²) in [4.78, 5) is 31.7. The molecule has 0 aromatic carbocycles. The molecule has 3 amide bonds. The Morgan fingerprint density at radius 1 is 1.32 bits per heavy atom. The highest BCUT2D eigenvalue weighted by Gasteiger charge is 2.32. The van der Waals surface area contributed by atoms with Gasteiger partial charge in [-0.1, -0.05) is 0 Å². The van der Waals surface area contributed by atoms with Crippen LogP contribution in [-0.2, 0) is 29.3 Å². The number of rotatable bonds is 3. The van der Waals surface area contributed by atoms with Crippen molar-refractivity contribution >= 4 is 27.5 Å². The van der Waals surface area contributed by atoms with Gasteiger partial charge in [-0.3, -0.25) is 14.5 Å². The Morgan fingerprint density at radius 3 is 2.84 bits per heavy atom. The number of hydrogen-bond donors (Lipinski definition) is 2. The molecule has 3 N–H and O–H groups in total. The number of likely N-dealkylation sites (N-methyl/N-ethyl adjacent to an activating group) is 1. The number of nitrogens with two attached hydrogens (primary N) is 1. The first-order valence-electron chi connectivity index (χ1n) is 10.5. The van der Waals surface area contributed by atoms with Gasteiger partial charge in [0, 0.05) is 30.9 Å². The van der Waals surface area contributed by atoms with Crippen LogP contribution in [0.1, 0.15) is 58.2 Å². The minimum atomic E-state index is -3.66. The molecular formula is C20H25N7O3S. The summed E-state index contributed by atoms with van der Waals surface area (Å²) in [6.07, 6.45) is 6.20. The topological polar surface area (TPSA) is 136 Å². The second kappa shape index (κ2) is 7.13. The second-order valence-electron chi connectivity index (χ2n) is 8.45. The highest BCUT2D eigenvalue weighted by atomic mass is 32.2. The number of aryl methyl sites for hydroxylation is 1. The van der Waals surface area contributed by atoms with E-state index in [9.17, 15) is 13.8 Å². The molecule has 31 heavy (non-hydrogen) atoms. The Balaban J connectivity index is 1.50. The number of amides is 3. The molecule has 5 rings (SSSR count). The third-order valence-electron chi connectivity index (χ3n) is 6.24. The van der Waals surface area contributed by atoms with Crippen LogP contribution < -0.4 is 10.5 Å². The van der Waals surface area contributed by atoms with Crippen LogP contribution in [0, 0.1) is 6.92 Å².